The van der Waals surface area contributed by atoms with Crippen molar-refractivity contribution in [2.24, 2.45) is 5.92 Å². The largest absolute Gasteiger partial charge is 0.482 e. The summed E-state index contributed by atoms with van der Waals surface area (Å²) >= 11 is 0. The molecular formula is C19H17N3O4. The van der Waals surface area contributed by atoms with E-state index < -0.39 is 0 Å². The standard InChI is InChI=1S/C19H17N3O4/c23-17-10-26-16-7-6-12(8-15(16)22-17)19(25)21-14-3-1-2-13(9-14)20-18(24)11-4-5-11/h1-3,6-9,11H,4-5,10H2,(H,20,24)(H,21,25)(H,22,23). The Balaban J connectivity index is 1.47. The molecule has 2 aliphatic rings. The smallest absolute Gasteiger partial charge is 0.262 e. The minimum absolute atomic E-state index is 0.0129. The number of amides is 3. The van der Waals surface area contributed by atoms with Gasteiger partial charge in [-0.05, 0) is 49.2 Å². The topological polar surface area (TPSA) is 96.5 Å². The lowest BCUT2D eigenvalue weighted by molar-refractivity contribution is -0.119. The van der Waals surface area contributed by atoms with E-state index in [0.717, 1.165) is 12.8 Å². The molecule has 4 rings (SSSR count). The van der Waals surface area contributed by atoms with Crippen molar-refractivity contribution in [3.63, 3.8) is 0 Å². The number of rotatable bonds is 4. The summed E-state index contributed by atoms with van der Waals surface area (Å²) in [5.41, 5.74) is 2.08. The van der Waals surface area contributed by atoms with Crippen LogP contribution in [-0.4, -0.2) is 24.3 Å². The monoisotopic (exact) mass is 351 g/mol. The second kappa shape index (κ2) is 6.51. The number of hydrogen-bond acceptors (Lipinski definition) is 4. The molecule has 7 nitrogen and oxygen atoms in total. The van der Waals surface area contributed by atoms with Crippen LogP contribution in [0.25, 0.3) is 0 Å². The molecule has 3 amide bonds. The minimum atomic E-state index is -0.321. The highest BCUT2D eigenvalue weighted by Gasteiger charge is 2.29. The Bertz CT molecular complexity index is 905. The Morgan fingerprint density at radius 3 is 2.58 bits per heavy atom. The van der Waals surface area contributed by atoms with Gasteiger partial charge in [-0.1, -0.05) is 6.07 Å². The first-order valence-corrected chi connectivity index (χ1v) is 8.37. The minimum Gasteiger partial charge on any atom is -0.482 e. The molecule has 0 unspecified atom stereocenters. The molecule has 1 fully saturated rings. The molecule has 1 aliphatic carbocycles. The molecule has 1 heterocycles. The molecule has 1 saturated carbocycles. The zero-order valence-electron chi connectivity index (χ0n) is 13.9. The van der Waals surface area contributed by atoms with E-state index in [0.29, 0.717) is 28.4 Å². The van der Waals surface area contributed by atoms with Crippen LogP contribution in [0.3, 0.4) is 0 Å². The number of fused-ring (bicyclic) bond motifs is 1. The van der Waals surface area contributed by atoms with Gasteiger partial charge < -0.3 is 20.7 Å². The van der Waals surface area contributed by atoms with Crippen LogP contribution in [0.1, 0.15) is 23.2 Å². The van der Waals surface area contributed by atoms with E-state index in [-0.39, 0.29) is 30.2 Å². The number of carbonyl (C=O) groups is 3. The average molecular weight is 351 g/mol. The molecular weight excluding hydrogens is 334 g/mol. The van der Waals surface area contributed by atoms with E-state index in [9.17, 15) is 14.4 Å². The van der Waals surface area contributed by atoms with Gasteiger partial charge in [0.05, 0.1) is 5.69 Å². The van der Waals surface area contributed by atoms with Crippen molar-refractivity contribution in [1.82, 2.24) is 0 Å². The number of hydrogen-bond donors (Lipinski definition) is 3. The van der Waals surface area contributed by atoms with Crippen LogP contribution >= 0.6 is 0 Å². The maximum atomic E-state index is 12.5. The second-order valence-corrected chi connectivity index (χ2v) is 6.35. The van der Waals surface area contributed by atoms with E-state index in [4.69, 9.17) is 4.74 Å². The molecule has 2 aromatic rings. The maximum absolute atomic E-state index is 12.5. The van der Waals surface area contributed by atoms with Crippen LogP contribution in [0.15, 0.2) is 42.5 Å². The molecule has 7 heteroatoms. The van der Waals surface area contributed by atoms with E-state index in [1.807, 2.05) is 0 Å². The molecule has 26 heavy (non-hydrogen) atoms. The molecule has 0 saturated heterocycles. The van der Waals surface area contributed by atoms with Gasteiger partial charge in [-0.2, -0.15) is 0 Å². The van der Waals surface area contributed by atoms with Gasteiger partial charge in [-0.25, -0.2) is 0 Å². The van der Waals surface area contributed by atoms with Crippen LogP contribution in [0.2, 0.25) is 0 Å². The van der Waals surface area contributed by atoms with Crippen LogP contribution in [-0.2, 0) is 9.59 Å². The van der Waals surface area contributed by atoms with Gasteiger partial charge in [0.15, 0.2) is 6.61 Å². The zero-order valence-corrected chi connectivity index (χ0v) is 13.9. The first kappa shape index (κ1) is 16.1. The third-order valence-electron chi connectivity index (χ3n) is 4.21. The molecule has 0 radical (unpaired) electrons. The summed E-state index contributed by atoms with van der Waals surface area (Å²) in [7, 11) is 0. The van der Waals surface area contributed by atoms with Gasteiger partial charge in [0.25, 0.3) is 11.8 Å². The van der Waals surface area contributed by atoms with Crippen LogP contribution in [0.5, 0.6) is 5.75 Å². The predicted molar refractivity (Wildman–Crippen MR) is 96.3 cm³/mol. The Morgan fingerprint density at radius 1 is 1.04 bits per heavy atom. The molecule has 2 aromatic carbocycles. The summed E-state index contributed by atoms with van der Waals surface area (Å²) < 4.78 is 5.28. The summed E-state index contributed by atoms with van der Waals surface area (Å²) in [5.74, 6) is 0.0819. The Labute approximate surface area is 149 Å². The van der Waals surface area contributed by atoms with Gasteiger partial charge in [0.2, 0.25) is 5.91 Å². The van der Waals surface area contributed by atoms with Crippen molar-refractivity contribution in [1.29, 1.82) is 0 Å². The lowest BCUT2D eigenvalue weighted by Gasteiger charge is -2.18. The molecule has 0 atom stereocenters. The van der Waals surface area contributed by atoms with Crippen molar-refractivity contribution < 1.29 is 19.1 Å². The van der Waals surface area contributed by atoms with Crippen molar-refractivity contribution in [2.75, 3.05) is 22.6 Å². The maximum Gasteiger partial charge on any atom is 0.262 e. The number of nitrogens with one attached hydrogen (secondary N) is 3. The van der Waals surface area contributed by atoms with Gasteiger partial charge in [0.1, 0.15) is 5.75 Å². The summed E-state index contributed by atoms with van der Waals surface area (Å²) in [4.78, 5) is 35.7. The molecule has 132 valence electrons. The number of benzene rings is 2. The third-order valence-corrected chi connectivity index (χ3v) is 4.21. The third kappa shape index (κ3) is 3.51. The summed E-state index contributed by atoms with van der Waals surface area (Å²) in [6.45, 7) is -0.0298. The fraction of sp³-hybridized carbons (Fsp3) is 0.211. The normalized spacial score (nSPS) is 15.3. The molecule has 0 aromatic heterocycles. The number of carbonyl (C=O) groups excluding carboxylic acids is 3. The van der Waals surface area contributed by atoms with Crippen molar-refractivity contribution in [3.05, 3.63) is 48.0 Å². The van der Waals surface area contributed by atoms with Gasteiger partial charge in [0, 0.05) is 22.9 Å². The van der Waals surface area contributed by atoms with Crippen LogP contribution in [0, 0.1) is 5.92 Å². The second-order valence-electron chi connectivity index (χ2n) is 6.35. The van der Waals surface area contributed by atoms with Gasteiger partial charge >= 0.3 is 0 Å². The van der Waals surface area contributed by atoms with Crippen molar-refractivity contribution >= 4 is 34.8 Å². The first-order chi connectivity index (χ1) is 12.6. The van der Waals surface area contributed by atoms with Crippen LogP contribution < -0.4 is 20.7 Å². The molecule has 3 N–H and O–H groups in total. The highest BCUT2D eigenvalue weighted by molar-refractivity contribution is 6.06. The lowest BCUT2D eigenvalue weighted by atomic mass is 10.1. The Hall–Kier alpha value is -3.35. The fourth-order valence-electron chi connectivity index (χ4n) is 2.69. The highest BCUT2D eigenvalue weighted by Crippen LogP contribution is 2.31. The van der Waals surface area contributed by atoms with Crippen molar-refractivity contribution in [2.45, 2.75) is 12.8 Å². The first-order valence-electron chi connectivity index (χ1n) is 8.37. The van der Waals surface area contributed by atoms with Crippen LogP contribution in [0.4, 0.5) is 17.1 Å². The van der Waals surface area contributed by atoms with Gasteiger partial charge in [-0.15, -0.1) is 0 Å². The van der Waals surface area contributed by atoms with E-state index in [1.54, 1.807) is 42.5 Å². The lowest BCUT2D eigenvalue weighted by Crippen LogP contribution is -2.25. The fourth-order valence-corrected chi connectivity index (χ4v) is 2.69. The molecule has 0 spiro atoms. The summed E-state index contributed by atoms with van der Waals surface area (Å²) in [5, 5.41) is 8.31. The summed E-state index contributed by atoms with van der Waals surface area (Å²) in [6.07, 6.45) is 1.86. The molecule has 1 aliphatic heterocycles. The highest BCUT2D eigenvalue weighted by atomic mass is 16.5. The SMILES string of the molecule is O=C1COc2ccc(C(=O)Nc3cccc(NC(=O)C4CC4)c3)cc2N1. The average Bonchev–Trinajstić information content (AvgIpc) is 3.46. The number of anilines is 3. The molecule has 0 bridgehead atoms. The Morgan fingerprint density at radius 2 is 1.81 bits per heavy atom. The summed E-state index contributed by atoms with van der Waals surface area (Å²) in [6, 6.07) is 11.8. The van der Waals surface area contributed by atoms with E-state index >= 15 is 0 Å². The van der Waals surface area contributed by atoms with Gasteiger partial charge in [-0.3, -0.25) is 14.4 Å². The van der Waals surface area contributed by atoms with E-state index in [2.05, 4.69) is 16.0 Å². The van der Waals surface area contributed by atoms with Crippen molar-refractivity contribution in [3.8, 4) is 5.75 Å². The number of ether oxygens (including phenoxy) is 1. The predicted octanol–water partition coefficient (Wildman–Crippen LogP) is 2.62. The Kier molecular flexibility index (Phi) is 4.04. The zero-order chi connectivity index (χ0) is 18.1. The van der Waals surface area contributed by atoms with E-state index in [1.165, 1.54) is 0 Å². The quantitative estimate of drug-likeness (QED) is 0.789.